The third-order valence-corrected chi connectivity index (χ3v) is 5.93. The van der Waals surface area contributed by atoms with Crippen molar-refractivity contribution in [1.29, 1.82) is 0 Å². The van der Waals surface area contributed by atoms with Gasteiger partial charge in [0.25, 0.3) is 0 Å². The molecule has 0 aliphatic carbocycles. The molecule has 0 saturated heterocycles. The van der Waals surface area contributed by atoms with Crippen molar-refractivity contribution in [2.24, 2.45) is 0 Å². The van der Waals surface area contributed by atoms with Gasteiger partial charge in [0.1, 0.15) is 5.75 Å². The molecule has 0 bridgehead atoms. The topological polar surface area (TPSA) is 124 Å². The van der Waals surface area contributed by atoms with Crippen molar-refractivity contribution >= 4 is 51.5 Å². The molecule has 3 N–H and O–H groups in total. The van der Waals surface area contributed by atoms with Crippen LogP contribution in [-0.4, -0.2) is 41.8 Å². The Morgan fingerprint density at radius 1 is 1.03 bits per heavy atom. The van der Waals surface area contributed by atoms with Crippen LogP contribution in [0, 0.1) is 0 Å². The van der Waals surface area contributed by atoms with Crippen molar-refractivity contribution in [3.8, 4) is 17.2 Å². The molecular formula is C19H17N5O5S2. The first-order valence-electron chi connectivity index (χ1n) is 8.97. The molecule has 1 aliphatic heterocycles. The van der Waals surface area contributed by atoms with Crippen LogP contribution in [0.25, 0.3) is 0 Å². The Labute approximate surface area is 185 Å². The highest BCUT2D eigenvalue weighted by atomic mass is 32.2. The Morgan fingerprint density at radius 2 is 1.81 bits per heavy atom. The van der Waals surface area contributed by atoms with E-state index in [0.29, 0.717) is 38.1 Å². The molecule has 12 heteroatoms. The molecule has 0 atom stereocenters. The molecule has 31 heavy (non-hydrogen) atoms. The first-order valence-corrected chi connectivity index (χ1v) is 10.8. The number of urea groups is 1. The van der Waals surface area contributed by atoms with E-state index in [9.17, 15) is 9.59 Å². The molecule has 1 aromatic heterocycles. The SMILES string of the molecule is COc1ccc(NC(=O)Nc2nnc(SCC(=O)Nc3ccc4c(c3)OCO4)s2)cc1. The van der Waals surface area contributed by atoms with Crippen molar-refractivity contribution in [3.05, 3.63) is 42.5 Å². The van der Waals surface area contributed by atoms with Gasteiger partial charge in [-0.15, -0.1) is 10.2 Å². The van der Waals surface area contributed by atoms with Crippen LogP contribution in [0.3, 0.4) is 0 Å². The molecule has 4 rings (SSSR count). The summed E-state index contributed by atoms with van der Waals surface area (Å²) in [6.07, 6.45) is 0. The van der Waals surface area contributed by atoms with Gasteiger partial charge in [0, 0.05) is 17.4 Å². The lowest BCUT2D eigenvalue weighted by Crippen LogP contribution is -2.19. The number of hydrogen-bond acceptors (Lipinski definition) is 9. The normalized spacial score (nSPS) is 11.6. The summed E-state index contributed by atoms with van der Waals surface area (Å²) < 4.78 is 16.2. The van der Waals surface area contributed by atoms with Crippen LogP contribution in [0.4, 0.5) is 21.3 Å². The fourth-order valence-electron chi connectivity index (χ4n) is 2.55. The summed E-state index contributed by atoms with van der Waals surface area (Å²) in [7, 11) is 1.57. The second-order valence-electron chi connectivity index (χ2n) is 6.09. The van der Waals surface area contributed by atoms with Crippen LogP contribution < -0.4 is 30.2 Å². The number of nitrogens with zero attached hydrogens (tertiary/aromatic N) is 2. The van der Waals surface area contributed by atoms with E-state index < -0.39 is 6.03 Å². The summed E-state index contributed by atoms with van der Waals surface area (Å²) in [5.74, 6) is 1.88. The lowest BCUT2D eigenvalue weighted by Gasteiger charge is -2.06. The average molecular weight is 460 g/mol. The molecule has 1 aliphatic rings. The van der Waals surface area contributed by atoms with Crippen molar-refractivity contribution < 1.29 is 23.8 Å². The van der Waals surface area contributed by atoms with E-state index in [-0.39, 0.29) is 18.5 Å². The van der Waals surface area contributed by atoms with Crippen LogP contribution in [-0.2, 0) is 4.79 Å². The summed E-state index contributed by atoms with van der Waals surface area (Å²) >= 11 is 2.40. The zero-order valence-corrected chi connectivity index (χ0v) is 17.8. The molecule has 0 fully saturated rings. The Kier molecular flexibility index (Phi) is 6.38. The summed E-state index contributed by atoms with van der Waals surface area (Å²) in [6.45, 7) is 0.175. The maximum atomic E-state index is 12.2. The Bertz CT molecular complexity index is 1090. The number of thioether (sulfide) groups is 1. The highest BCUT2D eigenvalue weighted by Crippen LogP contribution is 2.34. The lowest BCUT2D eigenvalue weighted by atomic mass is 10.3. The molecule has 2 aromatic carbocycles. The number of anilines is 3. The zero-order chi connectivity index (χ0) is 21.6. The van der Waals surface area contributed by atoms with Crippen LogP contribution >= 0.6 is 23.1 Å². The van der Waals surface area contributed by atoms with E-state index in [1.165, 1.54) is 23.1 Å². The quantitative estimate of drug-likeness (QED) is 0.361. The van der Waals surface area contributed by atoms with Crippen molar-refractivity contribution in [1.82, 2.24) is 10.2 Å². The number of amides is 3. The highest BCUT2D eigenvalue weighted by Gasteiger charge is 2.15. The number of methoxy groups -OCH3 is 1. The maximum absolute atomic E-state index is 12.2. The van der Waals surface area contributed by atoms with Gasteiger partial charge in [-0.1, -0.05) is 23.1 Å². The van der Waals surface area contributed by atoms with Crippen molar-refractivity contribution in [3.63, 3.8) is 0 Å². The number of rotatable bonds is 7. The summed E-state index contributed by atoms with van der Waals surface area (Å²) in [6, 6.07) is 11.7. The van der Waals surface area contributed by atoms with Gasteiger partial charge in [0.2, 0.25) is 17.8 Å². The van der Waals surface area contributed by atoms with E-state index in [1.54, 1.807) is 49.6 Å². The molecule has 0 spiro atoms. The molecule has 2 heterocycles. The number of aromatic nitrogens is 2. The average Bonchev–Trinajstić information content (AvgIpc) is 3.41. The first kappa shape index (κ1) is 20.8. The van der Waals surface area contributed by atoms with Crippen LogP contribution in [0.2, 0.25) is 0 Å². The number of benzene rings is 2. The second kappa shape index (κ2) is 9.53. The lowest BCUT2D eigenvalue weighted by molar-refractivity contribution is -0.113. The minimum absolute atomic E-state index is 0.140. The van der Waals surface area contributed by atoms with Crippen LogP contribution in [0.15, 0.2) is 46.8 Å². The number of ether oxygens (including phenoxy) is 3. The first-order chi connectivity index (χ1) is 15.1. The second-order valence-corrected chi connectivity index (χ2v) is 8.29. The third-order valence-electron chi connectivity index (χ3n) is 3.96. The highest BCUT2D eigenvalue weighted by molar-refractivity contribution is 8.01. The van der Waals surface area contributed by atoms with Gasteiger partial charge in [-0.3, -0.25) is 10.1 Å². The largest absolute Gasteiger partial charge is 0.497 e. The molecule has 160 valence electrons. The van der Waals surface area contributed by atoms with Crippen molar-refractivity contribution in [2.45, 2.75) is 4.34 Å². The monoisotopic (exact) mass is 459 g/mol. The van der Waals surface area contributed by atoms with Gasteiger partial charge < -0.3 is 24.8 Å². The van der Waals surface area contributed by atoms with Gasteiger partial charge in [-0.25, -0.2) is 4.79 Å². The van der Waals surface area contributed by atoms with E-state index in [0.717, 1.165) is 0 Å². The van der Waals surface area contributed by atoms with Gasteiger partial charge in [0.05, 0.1) is 12.9 Å². The third kappa shape index (κ3) is 5.55. The molecular weight excluding hydrogens is 442 g/mol. The zero-order valence-electron chi connectivity index (χ0n) is 16.2. The van der Waals surface area contributed by atoms with Gasteiger partial charge >= 0.3 is 6.03 Å². The smallest absolute Gasteiger partial charge is 0.325 e. The van der Waals surface area contributed by atoms with Crippen LogP contribution in [0.1, 0.15) is 0 Å². The van der Waals surface area contributed by atoms with Gasteiger partial charge in [0.15, 0.2) is 15.8 Å². The molecule has 3 aromatic rings. The predicted molar refractivity (Wildman–Crippen MR) is 117 cm³/mol. The summed E-state index contributed by atoms with van der Waals surface area (Å²) in [5, 5.41) is 16.3. The van der Waals surface area contributed by atoms with Gasteiger partial charge in [-0.2, -0.15) is 0 Å². The fourth-order valence-corrected chi connectivity index (χ4v) is 4.10. The Morgan fingerprint density at radius 3 is 2.61 bits per heavy atom. The predicted octanol–water partition coefficient (Wildman–Crippen LogP) is 3.65. The molecule has 10 nitrogen and oxygen atoms in total. The number of hydrogen-bond donors (Lipinski definition) is 3. The summed E-state index contributed by atoms with van der Waals surface area (Å²) in [4.78, 5) is 24.3. The van der Waals surface area contributed by atoms with Crippen LogP contribution in [0.5, 0.6) is 17.2 Å². The Balaban J connectivity index is 1.23. The fraction of sp³-hybridized carbons (Fsp3) is 0.158. The number of nitrogens with one attached hydrogen (secondary N) is 3. The van der Waals surface area contributed by atoms with E-state index in [1.807, 2.05) is 0 Å². The standard InChI is InChI=1S/C19H17N5O5S2/c1-27-13-5-2-11(3-6-13)21-17(26)22-18-23-24-19(31-18)30-9-16(25)20-12-4-7-14-15(8-12)29-10-28-14/h2-8H,9-10H2,1H3,(H,20,25)(H2,21,22,23,26). The summed E-state index contributed by atoms with van der Waals surface area (Å²) in [5.41, 5.74) is 1.22. The van der Waals surface area contributed by atoms with Crippen molar-refractivity contribution in [2.75, 3.05) is 35.6 Å². The van der Waals surface area contributed by atoms with E-state index >= 15 is 0 Å². The minimum Gasteiger partial charge on any atom is -0.497 e. The van der Waals surface area contributed by atoms with E-state index in [4.69, 9.17) is 14.2 Å². The molecule has 0 saturated carbocycles. The maximum Gasteiger partial charge on any atom is 0.325 e. The number of carbonyl (C=O) groups is 2. The minimum atomic E-state index is -0.446. The number of fused-ring (bicyclic) bond motifs is 1. The Hall–Kier alpha value is -3.51. The molecule has 0 radical (unpaired) electrons. The molecule has 3 amide bonds. The molecule has 0 unspecified atom stereocenters. The van der Waals surface area contributed by atoms with E-state index in [2.05, 4.69) is 26.1 Å². The number of carbonyl (C=O) groups excluding carboxylic acids is 2. The van der Waals surface area contributed by atoms with Gasteiger partial charge in [-0.05, 0) is 36.4 Å².